The molecule has 1 N–H and O–H groups in total. The highest BCUT2D eigenvalue weighted by molar-refractivity contribution is 5.87. The number of hydrogen-bond acceptors (Lipinski definition) is 1. The highest BCUT2D eigenvalue weighted by Crippen LogP contribution is 2.10. The summed E-state index contributed by atoms with van der Waals surface area (Å²) < 4.78 is 0. The third kappa shape index (κ3) is 3.98. The molecule has 2 heteroatoms. The molecule has 0 heterocycles. The fraction of sp³-hybridized carbons (Fsp3) is 0.308. The van der Waals surface area contributed by atoms with E-state index in [9.17, 15) is 4.79 Å². The van der Waals surface area contributed by atoms with Gasteiger partial charge in [-0.25, -0.2) is 0 Å². The minimum atomic E-state index is -0.0341. The average Bonchev–Trinajstić information content (AvgIpc) is 2.27. The second-order valence-corrected chi connectivity index (χ2v) is 3.45. The molecule has 0 bridgehead atoms. The molecule has 0 aromatic heterocycles. The molecule has 80 valence electrons. The van der Waals surface area contributed by atoms with Crippen molar-refractivity contribution in [2.24, 2.45) is 0 Å². The summed E-state index contributed by atoms with van der Waals surface area (Å²) in [4.78, 5) is 11.4. The summed E-state index contributed by atoms with van der Waals surface area (Å²) in [6.07, 6.45) is 4.32. The molecule has 1 amide bonds. The molecule has 1 rings (SSSR count). The number of amides is 1. The minimum Gasteiger partial charge on any atom is -0.346 e. The number of nitrogens with one attached hydrogen (secondary N) is 1. The Morgan fingerprint density at radius 2 is 2.07 bits per heavy atom. The molecule has 2 nitrogen and oxygen atoms in total. The van der Waals surface area contributed by atoms with E-state index in [4.69, 9.17) is 0 Å². The van der Waals surface area contributed by atoms with E-state index in [1.165, 1.54) is 0 Å². The van der Waals surface area contributed by atoms with Crippen LogP contribution >= 0.6 is 0 Å². The Hall–Kier alpha value is -1.57. The second kappa shape index (κ2) is 6.02. The van der Waals surface area contributed by atoms with E-state index in [-0.39, 0.29) is 11.9 Å². The lowest BCUT2D eigenvalue weighted by Gasteiger charge is -2.12. The van der Waals surface area contributed by atoms with Crippen LogP contribution in [0.5, 0.6) is 0 Å². The fourth-order valence-electron chi connectivity index (χ4n) is 1.31. The van der Waals surface area contributed by atoms with Crippen molar-refractivity contribution in [3.8, 4) is 0 Å². The largest absolute Gasteiger partial charge is 0.346 e. The Kier molecular flexibility index (Phi) is 4.61. The van der Waals surface area contributed by atoms with E-state index >= 15 is 0 Å². The molecule has 1 atom stereocenters. The monoisotopic (exact) mass is 203 g/mol. The van der Waals surface area contributed by atoms with Crippen molar-refractivity contribution in [3.05, 3.63) is 48.0 Å². The van der Waals surface area contributed by atoms with E-state index < -0.39 is 0 Å². The lowest BCUT2D eigenvalue weighted by molar-refractivity contribution is -0.117. The number of benzene rings is 1. The Morgan fingerprint density at radius 3 is 2.67 bits per heavy atom. The van der Waals surface area contributed by atoms with Crippen LogP contribution in [0.1, 0.15) is 31.9 Å². The lowest BCUT2D eigenvalue weighted by Crippen LogP contribution is -2.24. The van der Waals surface area contributed by atoms with Gasteiger partial charge in [-0.1, -0.05) is 43.3 Å². The first-order valence-corrected chi connectivity index (χ1v) is 5.26. The average molecular weight is 203 g/mol. The number of rotatable bonds is 4. The predicted octanol–water partition coefficient (Wildman–Crippen LogP) is 2.83. The Morgan fingerprint density at radius 1 is 1.40 bits per heavy atom. The molecule has 0 saturated carbocycles. The molecule has 0 aliphatic heterocycles. The third-order valence-corrected chi connectivity index (χ3v) is 2.16. The topological polar surface area (TPSA) is 29.1 Å². The molecule has 0 radical (unpaired) electrons. The first-order chi connectivity index (χ1) is 7.24. The molecule has 0 saturated heterocycles. The Labute approximate surface area is 91.0 Å². The van der Waals surface area contributed by atoms with Crippen molar-refractivity contribution in [1.29, 1.82) is 0 Å². The van der Waals surface area contributed by atoms with Gasteiger partial charge >= 0.3 is 0 Å². The predicted molar refractivity (Wildman–Crippen MR) is 62.4 cm³/mol. The van der Waals surface area contributed by atoms with Gasteiger partial charge in [0.15, 0.2) is 0 Å². The van der Waals surface area contributed by atoms with Gasteiger partial charge in [0, 0.05) is 0 Å². The van der Waals surface area contributed by atoms with E-state index in [1.54, 1.807) is 6.08 Å². The lowest BCUT2D eigenvalue weighted by atomic mass is 10.1. The van der Waals surface area contributed by atoms with Gasteiger partial charge in [0.25, 0.3) is 0 Å². The molecular weight excluding hydrogens is 186 g/mol. The van der Waals surface area contributed by atoms with Gasteiger partial charge in [0.1, 0.15) is 0 Å². The van der Waals surface area contributed by atoms with Crippen molar-refractivity contribution in [2.75, 3.05) is 0 Å². The maximum atomic E-state index is 11.4. The standard InChI is InChI=1S/C13H17NO/c1-3-4-10-13(15)14-11(2)12-8-6-5-7-9-12/h4-11H,3H2,1-2H3,(H,14,15)/b10-4+/t11-/m0/s1. The maximum absolute atomic E-state index is 11.4. The zero-order valence-corrected chi connectivity index (χ0v) is 9.23. The quantitative estimate of drug-likeness (QED) is 0.749. The molecule has 0 aliphatic carbocycles. The van der Waals surface area contributed by atoms with E-state index in [0.717, 1.165) is 12.0 Å². The van der Waals surface area contributed by atoms with Crippen LogP contribution in [0.4, 0.5) is 0 Å². The van der Waals surface area contributed by atoms with Gasteiger partial charge in [0.2, 0.25) is 5.91 Å². The number of carbonyl (C=O) groups excluding carboxylic acids is 1. The second-order valence-electron chi connectivity index (χ2n) is 3.45. The highest BCUT2D eigenvalue weighted by atomic mass is 16.1. The Balaban J connectivity index is 2.53. The van der Waals surface area contributed by atoms with Crippen LogP contribution in [-0.4, -0.2) is 5.91 Å². The number of hydrogen-bond donors (Lipinski definition) is 1. The number of allylic oxidation sites excluding steroid dienone is 1. The van der Waals surface area contributed by atoms with E-state index in [2.05, 4.69) is 5.32 Å². The summed E-state index contributed by atoms with van der Waals surface area (Å²) in [5, 5.41) is 2.91. The molecule has 0 aliphatic rings. The van der Waals surface area contributed by atoms with Crippen LogP contribution in [0.2, 0.25) is 0 Å². The summed E-state index contributed by atoms with van der Waals surface area (Å²) in [6, 6.07) is 9.98. The minimum absolute atomic E-state index is 0.0341. The van der Waals surface area contributed by atoms with Crippen molar-refractivity contribution in [2.45, 2.75) is 26.3 Å². The molecule has 1 aromatic carbocycles. The summed E-state index contributed by atoms with van der Waals surface area (Å²) in [5.41, 5.74) is 1.12. The SMILES string of the molecule is CC/C=C/C(=O)N[C@@H](C)c1ccccc1. The van der Waals surface area contributed by atoms with Gasteiger partial charge in [-0.05, 0) is 25.0 Å². The summed E-state index contributed by atoms with van der Waals surface area (Å²) in [5.74, 6) is -0.0341. The van der Waals surface area contributed by atoms with E-state index in [0.29, 0.717) is 0 Å². The van der Waals surface area contributed by atoms with Gasteiger partial charge in [-0.15, -0.1) is 0 Å². The van der Waals surface area contributed by atoms with Gasteiger partial charge in [-0.2, -0.15) is 0 Å². The first kappa shape index (κ1) is 11.5. The van der Waals surface area contributed by atoms with Gasteiger partial charge < -0.3 is 5.32 Å². The molecule has 1 aromatic rings. The number of carbonyl (C=O) groups is 1. The van der Waals surface area contributed by atoms with Crippen LogP contribution in [0.25, 0.3) is 0 Å². The molecular formula is C13H17NO. The molecule has 0 unspecified atom stereocenters. The first-order valence-electron chi connectivity index (χ1n) is 5.26. The Bertz CT molecular complexity index is 330. The normalized spacial score (nSPS) is 12.7. The molecule has 0 fully saturated rings. The van der Waals surface area contributed by atoms with Gasteiger partial charge in [-0.3, -0.25) is 4.79 Å². The summed E-state index contributed by atoms with van der Waals surface area (Å²) in [7, 11) is 0. The van der Waals surface area contributed by atoms with Crippen molar-refractivity contribution >= 4 is 5.91 Å². The highest BCUT2D eigenvalue weighted by Gasteiger charge is 2.05. The van der Waals surface area contributed by atoms with Crippen molar-refractivity contribution in [3.63, 3.8) is 0 Å². The van der Waals surface area contributed by atoms with Crippen LogP contribution in [-0.2, 0) is 4.79 Å². The van der Waals surface area contributed by atoms with Crippen LogP contribution in [0, 0.1) is 0 Å². The maximum Gasteiger partial charge on any atom is 0.244 e. The van der Waals surface area contributed by atoms with E-state index in [1.807, 2.05) is 50.3 Å². The van der Waals surface area contributed by atoms with Crippen LogP contribution in [0.15, 0.2) is 42.5 Å². The smallest absolute Gasteiger partial charge is 0.244 e. The third-order valence-electron chi connectivity index (χ3n) is 2.16. The van der Waals surface area contributed by atoms with Crippen molar-refractivity contribution < 1.29 is 4.79 Å². The zero-order chi connectivity index (χ0) is 11.1. The summed E-state index contributed by atoms with van der Waals surface area (Å²) in [6.45, 7) is 3.98. The summed E-state index contributed by atoms with van der Waals surface area (Å²) >= 11 is 0. The van der Waals surface area contributed by atoms with Gasteiger partial charge in [0.05, 0.1) is 6.04 Å². The van der Waals surface area contributed by atoms with Crippen molar-refractivity contribution in [1.82, 2.24) is 5.32 Å². The van der Waals surface area contributed by atoms with Crippen LogP contribution < -0.4 is 5.32 Å². The zero-order valence-electron chi connectivity index (χ0n) is 9.23. The van der Waals surface area contributed by atoms with Crippen LogP contribution in [0.3, 0.4) is 0 Å². The molecule has 0 spiro atoms. The fourth-order valence-corrected chi connectivity index (χ4v) is 1.31. The molecule has 15 heavy (non-hydrogen) atoms.